The smallest absolute Gasteiger partial charge is 0.312 e. The normalized spacial score (nSPS) is 30.5. The van der Waals surface area contributed by atoms with Gasteiger partial charge in [0, 0.05) is 25.7 Å². The van der Waals surface area contributed by atoms with Gasteiger partial charge in [0.05, 0.1) is 18.1 Å². The van der Waals surface area contributed by atoms with Gasteiger partial charge in [-0.25, -0.2) is 0 Å². The minimum Gasteiger partial charge on any atom is -0.465 e. The number of hydrogen-bond acceptors (Lipinski definition) is 6. The van der Waals surface area contributed by atoms with Crippen LogP contribution >= 0.6 is 0 Å². The third kappa shape index (κ3) is 4.86. The first kappa shape index (κ1) is 28.4. The fraction of sp³-hybridized carbons (Fsp3) is 0.750. The van der Waals surface area contributed by atoms with Crippen LogP contribution < -0.4 is 0 Å². The van der Waals surface area contributed by atoms with Crippen molar-refractivity contribution in [1.82, 2.24) is 9.80 Å². The minimum atomic E-state index is -1.04. The van der Waals surface area contributed by atoms with Crippen LogP contribution in [-0.4, -0.2) is 82.3 Å². The molecule has 3 fully saturated rings. The van der Waals surface area contributed by atoms with Gasteiger partial charge in [0.25, 0.3) is 0 Å². The predicted molar refractivity (Wildman–Crippen MR) is 137 cm³/mol. The van der Waals surface area contributed by atoms with E-state index in [9.17, 15) is 19.5 Å². The Kier molecular flexibility index (Phi) is 9.39. The van der Waals surface area contributed by atoms with Crippen molar-refractivity contribution >= 4 is 17.8 Å². The summed E-state index contributed by atoms with van der Waals surface area (Å²) in [5, 5.41) is 9.19. The van der Waals surface area contributed by atoms with Gasteiger partial charge in [0.2, 0.25) is 11.8 Å². The summed E-state index contributed by atoms with van der Waals surface area (Å²) in [7, 11) is 0. The molecule has 3 rings (SSSR count). The van der Waals surface area contributed by atoms with E-state index in [4.69, 9.17) is 9.47 Å². The van der Waals surface area contributed by atoms with Crippen LogP contribution in [0.4, 0.5) is 0 Å². The molecule has 3 heterocycles. The van der Waals surface area contributed by atoms with Crippen LogP contribution in [0.25, 0.3) is 0 Å². The summed E-state index contributed by atoms with van der Waals surface area (Å²) in [6.07, 6.45) is 8.69. The van der Waals surface area contributed by atoms with E-state index in [1.807, 2.05) is 20.8 Å². The van der Waals surface area contributed by atoms with E-state index in [1.54, 1.807) is 22.0 Å². The molecule has 8 nitrogen and oxygen atoms in total. The lowest BCUT2D eigenvalue weighted by Crippen LogP contribution is -2.57. The molecule has 0 saturated carbocycles. The SMILES string of the molecule is C=CCCCOC(=O)[C@@H]1[C@H]2C(=O)N(CCCCCO)C(C(=O)N(CC=C)C(C)C)C23CC[C@@]1(CC)O3. The predicted octanol–water partition coefficient (Wildman–Crippen LogP) is 3.24. The molecule has 1 N–H and O–H groups in total. The molecule has 0 aromatic heterocycles. The quantitative estimate of drug-likeness (QED) is 0.209. The number of esters is 1. The Hall–Kier alpha value is -2.19. The van der Waals surface area contributed by atoms with Crippen LogP contribution in [-0.2, 0) is 23.9 Å². The van der Waals surface area contributed by atoms with Crippen molar-refractivity contribution in [3.8, 4) is 0 Å². The molecule has 0 aliphatic carbocycles. The first-order chi connectivity index (χ1) is 17.2. The van der Waals surface area contributed by atoms with Crippen molar-refractivity contribution < 1.29 is 29.0 Å². The summed E-state index contributed by atoms with van der Waals surface area (Å²) in [6, 6.07) is -0.875. The van der Waals surface area contributed by atoms with Crippen LogP contribution in [0.3, 0.4) is 0 Å². The second kappa shape index (κ2) is 11.9. The second-order valence-electron chi connectivity index (χ2n) is 10.6. The van der Waals surface area contributed by atoms with Crippen LogP contribution in [0.2, 0.25) is 0 Å². The fourth-order valence-electron chi connectivity index (χ4n) is 6.51. The van der Waals surface area contributed by atoms with E-state index in [2.05, 4.69) is 13.2 Å². The molecule has 5 atom stereocenters. The van der Waals surface area contributed by atoms with Crippen LogP contribution in [0, 0.1) is 11.8 Å². The van der Waals surface area contributed by atoms with Gasteiger partial charge in [0.1, 0.15) is 17.6 Å². The van der Waals surface area contributed by atoms with Crippen molar-refractivity contribution in [1.29, 1.82) is 0 Å². The molecule has 0 radical (unpaired) electrons. The van der Waals surface area contributed by atoms with Gasteiger partial charge in [-0.15, -0.1) is 13.2 Å². The number of amides is 2. The molecule has 0 aromatic carbocycles. The minimum absolute atomic E-state index is 0.0818. The maximum Gasteiger partial charge on any atom is 0.312 e. The number of aliphatic hydroxyl groups excluding tert-OH is 1. The highest BCUT2D eigenvalue weighted by Crippen LogP contribution is 2.64. The summed E-state index contributed by atoms with van der Waals surface area (Å²) >= 11 is 0. The van der Waals surface area contributed by atoms with Crippen LogP contribution in [0.1, 0.15) is 72.1 Å². The molecule has 36 heavy (non-hydrogen) atoms. The van der Waals surface area contributed by atoms with E-state index >= 15 is 0 Å². The Morgan fingerprint density at radius 3 is 2.58 bits per heavy atom. The number of aliphatic hydroxyl groups is 1. The summed E-state index contributed by atoms with van der Waals surface area (Å²) in [5.74, 6) is -2.21. The molecule has 1 spiro atoms. The molecule has 3 aliphatic rings. The Morgan fingerprint density at radius 1 is 1.22 bits per heavy atom. The highest BCUT2D eigenvalue weighted by atomic mass is 16.6. The standard InChI is InChI=1S/C28H44N2O6/c1-6-9-13-19-35-26(34)22-21-24(32)30(17-11-10-12-18-31)23(25(33)29(16-7-2)20(4)5)28(21)15-14-27(22,8-3)36-28/h6-7,20-23,31H,1-2,8-19H2,3-5H3/t21-,22-,23?,27+,28?/m0/s1. The van der Waals surface area contributed by atoms with E-state index in [0.717, 1.165) is 12.8 Å². The van der Waals surface area contributed by atoms with Crippen LogP contribution in [0.5, 0.6) is 0 Å². The highest BCUT2D eigenvalue weighted by molar-refractivity contribution is 5.98. The number of nitrogens with zero attached hydrogens (tertiary/aromatic N) is 2. The van der Waals surface area contributed by atoms with E-state index < -0.39 is 35.0 Å². The topological polar surface area (TPSA) is 96.4 Å². The van der Waals surface area contributed by atoms with E-state index in [-0.39, 0.29) is 31.1 Å². The van der Waals surface area contributed by atoms with Gasteiger partial charge in [-0.2, -0.15) is 0 Å². The molecule has 2 amide bonds. The lowest BCUT2D eigenvalue weighted by Gasteiger charge is -2.38. The van der Waals surface area contributed by atoms with Gasteiger partial charge < -0.3 is 24.4 Å². The Morgan fingerprint density at radius 2 is 1.97 bits per heavy atom. The zero-order valence-electron chi connectivity index (χ0n) is 22.2. The molecule has 0 aromatic rings. The maximum absolute atomic E-state index is 14.1. The lowest BCUT2D eigenvalue weighted by molar-refractivity contribution is -0.162. The lowest BCUT2D eigenvalue weighted by atomic mass is 9.65. The van der Waals surface area contributed by atoms with Crippen molar-refractivity contribution in [2.24, 2.45) is 11.8 Å². The number of unbranched alkanes of at least 4 members (excludes halogenated alkanes) is 3. The Labute approximate surface area is 215 Å². The fourth-order valence-corrected chi connectivity index (χ4v) is 6.51. The molecular weight excluding hydrogens is 460 g/mol. The number of hydrogen-bond donors (Lipinski definition) is 1. The van der Waals surface area contributed by atoms with Gasteiger partial charge in [-0.05, 0) is 65.2 Å². The average Bonchev–Trinajstić information content (AvgIpc) is 3.46. The number of carbonyl (C=O) groups excluding carboxylic acids is 3. The number of allylic oxidation sites excluding steroid dienone is 1. The Bertz CT molecular complexity index is 844. The summed E-state index contributed by atoms with van der Waals surface area (Å²) < 4.78 is 12.4. The van der Waals surface area contributed by atoms with Gasteiger partial charge in [0.15, 0.2) is 0 Å². The molecule has 3 saturated heterocycles. The van der Waals surface area contributed by atoms with Gasteiger partial charge in [-0.1, -0.05) is 19.1 Å². The third-order valence-corrected chi connectivity index (χ3v) is 8.25. The number of likely N-dealkylation sites (tertiary alicyclic amines) is 1. The molecular formula is C28H44N2O6. The molecule has 3 aliphatic heterocycles. The average molecular weight is 505 g/mol. The van der Waals surface area contributed by atoms with Crippen molar-refractivity contribution in [2.75, 3.05) is 26.3 Å². The first-order valence-corrected chi connectivity index (χ1v) is 13.5. The number of fused-ring (bicyclic) bond motifs is 1. The molecule has 8 heteroatoms. The van der Waals surface area contributed by atoms with E-state index in [0.29, 0.717) is 51.6 Å². The molecule has 202 valence electrons. The van der Waals surface area contributed by atoms with Crippen molar-refractivity contribution in [2.45, 2.75) is 95.4 Å². The summed E-state index contributed by atoms with van der Waals surface area (Å²) in [4.78, 5) is 45.0. The maximum atomic E-state index is 14.1. The van der Waals surface area contributed by atoms with Crippen molar-refractivity contribution in [3.63, 3.8) is 0 Å². The van der Waals surface area contributed by atoms with Crippen LogP contribution in [0.15, 0.2) is 25.3 Å². The summed E-state index contributed by atoms with van der Waals surface area (Å²) in [5.41, 5.74) is -1.83. The van der Waals surface area contributed by atoms with Gasteiger partial charge in [-0.3, -0.25) is 14.4 Å². The first-order valence-electron chi connectivity index (χ1n) is 13.5. The summed E-state index contributed by atoms with van der Waals surface area (Å²) in [6.45, 7) is 14.5. The zero-order valence-corrected chi connectivity index (χ0v) is 22.2. The third-order valence-electron chi connectivity index (χ3n) is 8.25. The van der Waals surface area contributed by atoms with Gasteiger partial charge >= 0.3 is 5.97 Å². The molecule has 2 bridgehead atoms. The monoisotopic (exact) mass is 504 g/mol. The zero-order chi connectivity index (χ0) is 26.5. The number of carbonyl (C=O) groups is 3. The Balaban J connectivity index is 1.99. The number of ether oxygens (including phenoxy) is 2. The number of rotatable bonds is 15. The second-order valence-corrected chi connectivity index (χ2v) is 10.6. The largest absolute Gasteiger partial charge is 0.465 e. The van der Waals surface area contributed by atoms with E-state index in [1.165, 1.54) is 0 Å². The van der Waals surface area contributed by atoms with Crippen molar-refractivity contribution in [3.05, 3.63) is 25.3 Å². The molecule has 2 unspecified atom stereocenters. The highest BCUT2D eigenvalue weighted by Gasteiger charge is 2.79.